The van der Waals surface area contributed by atoms with Crippen molar-refractivity contribution in [2.45, 2.75) is 38.8 Å². The molecule has 0 fully saturated rings. The van der Waals surface area contributed by atoms with Crippen molar-refractivity contribution in [3.63, 3.8) is 0 Å². The number of rotatable bonds is 18. The number of nitrogens with zero attached hydrogens (tertiary/aromatic N) is 2. The van der Waals surface area contributed by atoms with E-state index in [1.165, 1.54) is 79.7 Å². The first kappa shape index (κ1) is 53.1. The number of thiazole rings is 2. The van der Waals surface area contributed by atoms with Gasteiger partial charge in [0.05, 0.1) is 31.3 Å². The lowest BCUT2D eigenvalue weighted by Crippen LogP contribution is -2.49. The predicted molar refractivity (Wildman–Crippen MR) is 258 cm³/mol. The Labute approximate surface area is 411 Å². The van der Waals surface area contributed by atoms with Gasteiger partial charge < -0.3 is 62.2 Å². The van der Waals surface area contributed by atoms with Crippen LogP contribution in [-0.2, 0) is 36.8 Å². The second-order valence-electron chi connectivity index (χ2n) is 15.1. The van der Waals surface area contributed by atoms with Gasteiger partial charge in [-0.15, -0.1) is 0 Å². The third-order valence-corrected chi connectivity index (χ3v) is 11.7. The lowest BCUT2D eigenvalue weighted by molar-refractivity contribution is -0.142. The fourth-order valence-electron chi connectivity index (χ4n) is 6.22. The number of esters is 1. The molecule has 71 heavy (non-hydrogen) atoms. The Kier molecular flexibility index (Phi) is 18.6. The molecule has 0 aliphatic rings. The summed E-state index contributed by atoms with van der Waals surface area (Å²) in [5.74, 6) is -5.61. The predicted octanol–water partition coefficient (Wildman–Crippen LogP) is 3.40. The number of carbonyl (C=O) groups excluding carboxylic acids is 7. The Morgan fingerprint density at radius 3 is 1.31 bits per heavy atom. The van der Waals surface area contributed by atoms with Gasteiger partial charge in [-0.2, -0.15) is 0 Å². The van der Waals surface area contributed by atoms with Crippen molar-refractivity contribution >= 4 is 80.3 Å². The number of phenolic OH excluding ortho intramolecular Hbond substituents is 4. The van der Waals surface area contributed by atoms with Crippen LogP contribution in [0.5, 0.6) is 23.0 Å². The van der Waals surface area contributed by atoms with Gasteiger partial charge in [0.25, 0.3) is 23.6 Å². The molecule has 0 saturated heterocycles. The van der Waals surface area contributed by atoms with E-state index in [4.69, 9.17) is 4.74 Å². The number of methoxy groups -OCH3 is 1. The lowest BCUT2D eigenvalue weighted by atomic mass is 10.1. The number of benzene rings is 4. The maximum Gasteiger partial charge on any atom is 0.330 e. The van der Waals surface area contributed by atoms with E-state index in [1.54, 1.807) is 31.2 Å². The minimum Gasteiger partial charge on any atom is -0.508 e. The van der Waals surface area contributed by atoms with Crippen LogP contribution in [0.4, 0.5) is 10.3 Å². The summed E-state index contributed by atoms with van der Waals surface area (Å²) in [6.07, 6.45) is -0.0214. The molecule has 6 rings (SSSR count). The summed E-state index contributed by atoms with van der Waals surface area (Å²) in [6, 6.07) is 21.0. The standard InChI is InChI=1S/C24H24N4O7S.C23H22N4O7S/c1-13-20(36-24(26-13)28-19(31)10-14-5-3-7-16(29)9-14)22(33)27-18(23(34)35-2)12-25-21(32)15-6-4-8-17(30)11-15;1-12-19(35-23(25-12)27-18(30)9-13-4-2-6-15(28)8-13)21(32)26-17(22(33)34)11-24-20(31)14-5-3-7-16(29)10-14/h3-9,11,18,29-30H,10,12H2,1-2H3,(H,25,32)(H,27,33)(H,26,28,31);2-8,10,17,28-29H,9,11H2,1H3,(H,24,31)(H,26,32)(H,33,34)(H,25,27,30)/t18-;17-/m00/s1. The highest BCUT2D eigenvalue weighted by molar-refractivity contribution is 7.18. The third kappa shape index (κ3) is 16.1. The number of aryl methyl sites for hydroxylation is 2. The largest absolute Gasteiger partial charge is 0.508 e. The highest BCUT2D eigenvalue weighted by Gasteiger charge is 2.27. The van der Waals surface area contributed by atoms with Crippen LogP contribution in [-0.4, -0.2) is 115 Å². The quantitative estimate of drug-likeness (QED) is 0.0550. The monoisotopic (exact) mass is 1010 g/mol. The van der Waals surface area contributed by atoms with Gasteiger partial charge in [0.2, 0.25) is 11.8 Å². The number of hydrogen-bond acceptors (Lipinski definition) is 17. The number of aromatic hydroxyl groups is 4. The molecule has 22 nitrogen and oxygen atoms in total. The van der Waals surface area contributed by atoms with Gasteiger partial charge in [0, 0.05) is 24.2 Å². The van der Waals surface area contributed by atoms with Crippen LogP contribution in [0.25, 0.3) is 0 Å². The molecule has 2 heterocycles. The van der Waals surface area contributed by atoms with Gasteiger partial charge >= 0.3 is 11.9 Å². The van der Waals surface area contributed by atoms with Crippen LogP contribution in [0, 0.1) is 13.8 Å². The van der Waals surface area contributed by atoms with E-state index in [1.807, 2.05) is 0 Å². The lowest BCUT2D eigenvalue weighted by Gasteiger charge is -2.17. The zero-order chi connectivity index (χ0) is 51.8. The molecule has 0 saturated carbocycles. The average Bonchev–Trinajstić information content (AvgIpc) is 3.88. The molecule has 0 bridgehead atoms. The highest BCUT2D eigenvalue weighted by Crippen LogP contribution is 2.25. The van der Waals surface area contributed by atoms with E-state index >= 15 is 0 Å². The van der Waals surface area contributed by atoms with Gasteiger partial charge in [0.15, 0.2) is 10.3 Å². The minimum atomic E-state index is -1.44. The van der Waals surface area contributed by atoms with Crippen LogP contribution < -0.4 is 31.9 Å². The van der Waals surface area contributed by atoms with E-state index in [0.29, 0.717) is 16.8 Å². The molecule has 370 valence electrons. The van der Waals surface area contributed by atoms with Crippen molar-refractivity contribution in [1.29, 1.82) is 0 Å². The summed E-state index contributed by atoms with van der Waals surface area (Å²) in [5, 5.41) is 62.8. The van der Waals surface area contributed by atoms with Crippen molar-refractivity contribution in [3.8, 4) is 23.0 Å². The molecular weight excluding hydrogens is 965 g/mol. The van der Waals surface area contributed by atoms with Crippen LogP contribution in [0.2, 0.25) is 0 Å². The van der Waals surface area contributed by atoms with Crippen LogP contribution >= 0.6 is 22.7 Å². The number of anilines is 2. The summed E-state index contributed by atoms with van der Waals surface area (Å²) in [5.41, 5.74) is 2.11. The number of phenols is 4. The van der Waals surface area contributed by atoms with Crippen molar-refractivity contribution in [2.75, 3.05) is 30.8 Å². The molecule has 6 aromatic rings. The van der Waals surface area contributed by atoms with Crippen molar-refractivity contribution < 1.29 is 68.6 Å². The topological polar surface area (TPSA) is 345 Å². The number of aromatic nitrogens is 2. The molecule has 0 unspecified atom stereocenters. The number of ether oxygens (including phenoxy) is 1. The summed E-state index contributed by atoms with van der Waals surface area (Å²) in [7, 11) is 1.15. The Hall–Kier alpha value is -8.90. The first-order chi connectivity index (χ1) is 33.8. The zero-order valence-electron chi connectivity index (χ0n) is 37.8. The fraction of sp³-hybridized carbons (Fsp3) is 0.191. The van der Waals surface area contributed by atoms with E-state index < -0.39 is 60.1 Å². The molecule has 0 spiro atoms. The van der Waals surface area contributed by atoms with Crippen molar-refractivity contribution in [2.24, 2.45) is 0 Å². The number of carboxylic acids is 1. The SMILES string of the molecule is COC(=O)[C@H](CNC(=O)c1cccc(O)c1)NC(=O)c1sc(NC(=O)Cc2cccc(O)c2)nc1C.Cc1nc(NC(=O)Cc2cccc(O)c2)sc1C(=O)N[C@@H](CNC(=O)c1cccc(O)c1)C(=O)O. The smallest absolute Gasteiger partial charge is 0.330 e. The van der Waals surface area contributed by atoms with E-state index in [2.05, 4.69) is 41.9 Å². The molecule has 2 aromatic heterocycles. The second-order valence-corrected chi connectivity index (χ2v) is 17.1. The number of amides is 6. The Balaban J connectivity index is 0.000000264. The first-order valence-electron chi connectivity index (χ1n) is 21.0. The maximum atomic E-state index is 12.8. The van der Waals surface area contributed by atoms with Gasteiger partial charge in [-0.3, -0.25) is 28.8 Å². The molecule has 0 aliphatic heterocycles. The van der Waals surface area contributed by atoms with E-state index in [9.17, 15) is 63.9 Å². The van der Waals surface area contributed by atoms with Gasteiger partial charge in [-0.1, -0.05) is 59.1 Å². The summed E-state index contributed by atoms with van der Waals surface area (Å²) in [6.45, 7) is 2.45. The van der Waals surface area contributed by atoms with Crippen molar-refractivity contribution in [3.05, 3.63) is 140 Å². The molecule has 0 radical (unpaired) electrons. The molecule has 2 atom stereocenters. The fourth-order valence-corrected chi connectivity index (χ4v) is 7.99. The number of carboxylic acid groups (broad SMARTS) is 1. The summed E-state index contributed by atoms with van der Waals surface area (Å²) < 4.78 is 4.73. The van der Waals surface area contributed by atoms with Crippen LogP contribution in [0.1, 0.15) is 62.6 Å². The summed E-state index contributed by atoms with van der Waals surface area (Å²) >= 11 is 1.80. The number of hydrogen-bond donors (Lipinski definition) is 11. The third-order valence-electron chi connectivity index (χ3n) is 9.59. The molecular formula is C47H46N8O14S2. The molecule has 6 amide bonds. The Morgan fingerprint density at radius 1 is 0.549 bits per heavy atom. The van der Waals surface area contributed by atoms with E-state index in [0.717, 1.165) is 29.8 Å². The normalized spacial score (nSPS) is 11.3. The molecule has 11 N–H and O–H groups in total. The van der Waals surface area contributed by atoms with Gasteiger partial charge in [-0.05, 0) is 85.6 Å². The summed E-state index contributed by atoms with van der Waals surface area (Å²) in [4.78, 5) is 107. The van der Waals surface area contributed by atoms with Crippen molar-refractivity contribution in [1.82, 2.24) is 31.2 Å². The maximum absolute atomic E-state index is 12.8. The number of aliphatic carboxylic acids is 1. The zero-order valence-corrected chi connectivity index (χ0v) is 39.5. The first-order valence-corrected chi connectivity index (χ1v) is 22.6. The second kappa shape index (κ2) is 24.9. The van der Waals surface area contributed by atoms with Crippen LogP contribution in [0.3, 0.4) is 0 Å². The molecule has 4 aromatic carbocycles. The molecule has 24 heteroatoms. The van der Waals surface area contributed by atoms with E-state index in [-0.39, 0.29) is 85.1 Å². The van der Waals surface area contributed by atoms with Gasteiger partial charge in [-0.25, -0.2) is 19.6 Å². The Bertz CT molecular complexity index is 2960. The van der Waals surface area contributed by atoms with Gasteiger partial charge in [0.1, 0.15) is 44.8 Å². The minimum absolute atomic E-state index is 0.00212. The Morgan fingerprint density at radius 2 is 0.930 bits per heavy atom. The average molecular weight is 1010 g/mol. The van der Waals surface area contributed by atoms with Crippen LogP contribution in [0.15, 0.2) is 97.1 Å². The number of carbonyl (C=O) groups is 8. The molecule has 0 aliphatic carbocycles. The highest BCUT2D eigenvalue weighted by atomic mass is 32.1. The number of nitrogens with one attached hydrogen (secondary N) is 6.